The second-order valence-corrected chi connectivity index (χ2v) is 4.41. The van der Waals surface area contributed by atoms with E-state index in [0.717, 1.165) is 26.1 Å². The molecule has 1 atom stereocenters. The smallest absolute Gasteiger partial charge is 0.231 e. The van der Waals surface area contributed by atoms with E-state index in [4.69, 9.17) is 0 Å². The van der Waals surface area contributed by atoms with Crippen molar-refractivity contribution in [3.05, 3.63) is 35.9 Å². The number of amides is 1. The molecule has 0 spiro atoms. The Kier molecular flexibility index (Phi) is 4.12. The molecule has 2 N–H and O–H groups in total. The molecule has 1 aliphatic heterocycles. The number of carbonyl (C=O) groups is 1. The van der Waals surface area contributed by atoms with Crippen LogP contribution in [-0.2, 0) is 11.2 Å². The van der Waals surface area contributed by atoms with E-state index in [1.807, 2.05) is 23.2 Å². The molecule has 0 aliphatic carbocycles. The van der Waals surface area contributed by atoms with E-state index >= 15 is 0 Å². The summed E-state index contributed by atoms with van der Waals surface area (Å²) in [6.07, 6.45) is 0.952. The first kappa shape index (κ1) is 12.1. The van der Waals surface area contributed by atoms with Gasteiger partial charge in [0.2, 0.25) is 5.91 Å². The SMILES string of the molecule is CC(=O)NN1CCNCC1Cc1ccccc1. The Morgan fingerprint density at radius 1 is 1.47 bits per heavy atom. The largest absolute Gasteiger partial charge is 0.314 e. The fraction of sp³-hybridized carbons (Fsp3) is 0.462. The van der Waals surface area contributed by atoms with Gasteiger partial charge in [-0.05, 0) is 12.0 Å². The zero-order chi connectivity index (χ0) is 12.1. The molecule has 0 aromatic heterocycles. The van der Waals surface area contributed by atoms with E-state index < -0.39 is 0 Å². The van der Waals surface area contributed by atoms with Crippen molar-refractivity contribution in [2.75, 3.05) is 19.6 Å². The van der Waals surface area contributed by atoms with Crippen molar-refractivity contribution in [3.63, 3.8) is 0 Å². The van der Waals surface area contributed by atoms with Crippen LogP contribution < -0.4 is 10.7 Å². The summed E-state index contributed by atoms with van der Waals surface area (Å²) in [4.78, 5) is 11.1. The highest BCUT2D eigenvalue weighted by Gasteiger charge is 2.22. The second kappa shape index (κ2) is 5.80. The molecule has 4 heteroatoms. The van der Waals surface area contributed by atoms with Crippen LogP contribution in [0.2, 0.25) is 0 Å². The standard InChI is InChI=1S/C13H19N3O/c1-11(17)15-16-8-7-14-10-13(16)9-12-5-3-2-4-6-12/h2-6,13-14H,7-10H2,1H3,(H,15,17). The van der Waals surface area contributed by atoms with Gasteiger partial charge in [-0.25, -0.2) is 5.01 Å². The Morgan fingerprint density at radius 3 is 2.94 bits per heavy atom. The number of hydrazine groups is 1. The molecule has 1 aromatic rings. The quantitative estimate of drug-likeness (QED) is 0.801. The van der Waals surface area contributed by atoms with E-state index in [-0.39, 0.29) is 5.91 Å². The van der Waals surface area contributed by atoms with Crippen molar-refractivity contribution in [2.45, 2.75) is 19.4 Å². The molecule has 1 amide bonds. The zero-order valence-electron chi connectivity index (χ0n) is 10.1. The molecule has 17 heavy (non-hydrogen) atoms. The number of carbonyl (C=O) groups excluding carboxylic acids is 1. The molecule has 1 unspecified atom stereocenters. The minimum absolute atomic E-state index is 0.00459. The van der Waals surface area contributed by atoms with Gasteiger partial charge >= 0.3 is 0 Å². The van der Waals surface area contributed by atoms with Gasteiger partial charge in [-0.2, -0.15) is 0 Å². The van der Waals surface area contributed by atoms with Gasteiger partial charge in [0.05, 0.1) is 0 Å². The Labute approximate surface area is 102 Å². The van der Waals surface area contributed by atoms with E-state index in [0.29, 0.717) is 6.04 Å². The monoisotopic (exact) mass is 233 g/mol. The van der Waals surface area contributed by atoms with Gasteiger partial charge in [-0.15, -0.1) is 0 Å². The Balaban J connectivity index is 1.99. The molecule has 1 saturated heterocycles. The highest BCUT2D eigenvalue weighted by atomic mass is 16.2. The van der Waals surface area contributed by atoms with Crippen molar-refractivity contribution >= 4 is 5.91 Å². The van der Waals surface area contributed by atoms with Crippen LogP contribution in [0, 0.1) is 0 Å². The van der Waals surface area contributed by atoms with Crippen LogP contribution in [0.1, 0.15) is 12.5 Å². The van der Waals surface area contributed by atoms with Gasteiger partial charge in [-0.3, -0.25) is 10.2 Å². The number of hydrogen-bond acceptors (Lipinski definition) is 3. The van der Waals surface area contributed by atoms with E-state index in [1.165, 1.54) is 5.56 Å². The molecule has 1 aliphatic rings. The van der Waals surface area contributed by atoms with Crippen molar-refractivity contribution in [1.29, 1.82) is 0 Å². The topological polar surface area (TPSA) is 44.4 Å². The predicted molar refractivity (Wildman–Crippen MR) is 67.3 cm³/mol. The number of nitrogens with zero attached hydrogens (tertiary/aromatic N) is 1. The Morgan fingerprint density at radius 2 is 2.24 bits per heavy atom. The van der Waals surface area contributed by atoms with Crippen LogP contribution in [-0.4, -0.2) is 36.6 Å². The van der Waals surface area contributed by atoms with Crippen molar-refractivity contribution in [1.82, 2.24) is 15.8 Å². The van der Waals surface area contributed by atoms with E-state index in [1.54, 1.807) is 6.92 Å². The third-order valence-electron chi connectivity index (χ3n) is 2.97. The van der Waals surface area contributed by atoms with Gasteiger partial charge in [0.15, 0.2) is 0 Å². The summed E-state index contributed by atoms with van der Waals surface area (Å²) in [5, 5.41) is 5.41. The minimum atomic E-state index is 0.00459. The van der Waals surface area contributed by atoms with Crippen LogP contribution in [0.4, 0.5) is 0 Å². The van der Waals surface area contributed by atoms with Gasteiger partial charge < -0.3 is 5.32 Å². The lowest BCUT2D eigenvalue weighted by molar-refractivity contribution is -0.125. The molecule has 92 valence electrons. The fourth-order valence-electron chi connectivity index (χ4n) is 2.18. The van der Waals surface area contributed by atoms with Crippen LogP contribution in [0.3, 0.4) is 0 Å². The third kappa shape index (κ3) is 3.54. The normalized spacial score (nSPS) is 21.1. The summed E-state index contributed by atoms with van der Waals surface area (Å²) in [6.45, 7) is 4.25. The first-order valence-electron chi connectivity index (χ1n) is 6.04. The molecular weight excluding hydrogens is 214 g/mol. The average molecular weight is 233 g/mol. The number of nitrogens with one attached hydrogen (secondary N) is 2. The first-order valence-corrected chi connectivity index (χ1v) is 6.04. The maximum absolute atomic E-state index is 11.1. The summed E-state index contributed by atoms with van der Waals surface area (Å²) < 4.78 is 0. The summed E-state index contributed by atoms with van der Waals surface area (Å²) in [5.41, 5.74) is 4.21. The van der Waals surface area contributed by atoms with Crippen molar-refractivity contribution < 1.29 is 4.79 Å². The summed E-state index contributed by atoms with van der Waals surface area (Å²) in [6, 6.07) is 10.7. The van der Waals surface area contributed by atoms with Crippen LogP contribution in [0.15, 0.2) is 30.3 Å². The number of benzene rings is 1. The van der Waals surface area contributed by atoms with Gasteiger partial charge in [-0.1, -0.05) is 30.3 Å². The first-order chi connectivity index (χ1) is 8.25. The van der Waals surface area contributed by atoms with Crippen LogP contribution in [0.25, 0.3) is 0 Å². The molecule has 4 nitrogen and oxygen atoms in total. The van der Waals surface area contributed by atoms with Crippen molar-refractivity contribution in [3.8, 4) is 0 Å². The van der Waals surface area contributed by atoms with Crippen LogP contribution in [0.5, 0.6) is 0 Å². The summed E-state index contributed by atoms with van der Waals surface area (Å²) in [5.74, 6) is 0.00459. The Bertz CT molecular complexity index is 366. The zero-order valence-corrected chi connectivity index (χ0v) is 10.1. The van der Waals surface area contributed by atoms with E-state index in [9.17, 15) is 4.79 Å². The Hall–Kier alpha value is -1.39. The molecule has 1 aromatic carbocycles. The fourth-order valence-corrected chi connectivity index (χ4v) is 2.18. The molecule has 1 heterocycles. The molecule has 2 rings (SSSR count). The highest BCUT2D eigenvalue weighted by molar-refractivity contribution is 5.72. The van der Waals surface area contributed by atoms with Crippen LogP contribution >= 0.6 is 0 Å². The summed E-state index contributed by atoms with van der Waals surface area (Å²) >= 11 is 0. The van der Waals surface area contributed by atoms with E-state index in [2.05, 4.69) is 22.9 Å². The minimum Gasteiger partial charge on any atom is -0.314 e. The number of rotatable bonds is 3. The molecule has 1 fully saturated rings. The molecular formula is C13H19N3O. The third-order valence-corrected chi connectivity index (χ3v) is 2.97. The highest BCUT2D eigenvalue weighted by Crippen LogP contribution is 2.09. The lowest BCUT2D eigenvalue weighted by atomic mass is 10.0. The lowest BCUT2D eigenvalue weighted by Gasteiger charge is -2.36. The molecule has 0 radical (unpaired) electrons. The summed E-state index contributed by atoms with van der Waals surface area (Å²) in [7, 11) is 0. The molecule has 0 saturated carbocycles. The van der Waals surface area contributed by atoms with Gasteiger partial charge in [0.25, 0.3) is 0 Å². The molecule has 0 bridgehead atoms. The predicted octanol–water partition coefficient (Wildman–Crippen LogP) is 0.554. The maximum Gasteiger partial charge on any atom is 0.231 e. The van der Waals surface area contributed by atoms with Crippen molar-refractivity contribution in [2.24, 2.45) is 0 Å². The number of piperazine rings is 1. The number of hydrogen-bond donors (Lipinski definition) is 2. The van der Waals surface area contributed by atoms with Gasteiger partial charge in [0.1, 0.15) is 0 Å². The lowest BCUT2D eigenvalue weighted by Crippen LogP contribution is -2.58. The van der Waals surface area contributed by atoms with Gasteiger partial charge in [0, 0.05) is 32.6 Å². The average Bonchev–Trinajstić information content (AvgIpc) is 2.32. The second-order valence-electron chi connectivity index (χ2n) is 4.41. The maximum atomic E-state index is 11.1.